The maximum absolute atomic E-state index is 5.80. The van der Waals surface area contributed by atoms with Gasteiger partial charge in [-0.25, -0.2) is 0 Å². The van der Waals surface area contributed by atoms with Crippen molar-refractivity contribution in [3.05, 3.63) is 0 Å². The second-order valence-corrected chi connectivity index (χ2v) is 7.37. The average molecular weight is 284 g/mol. The first-order valence-electron chi connectivity index (χ1n) is 7.73. The molecule has 3 nitrogen and oxygen atoms in total. The van der Waals surface area contributed by atoms with E-state index in [-0.39, 0.29) is 11.5 Å². The standard InChI is InChI=1S/C15H28O3Si/c1-5-16-14(17-6-2)19-10-11(3)12-7-8-15(4)13(9-12)18-15/h11-14H,5-10H2,1-4H3. The molecule has 4 unspecified atom stereocenters. The summed E-state index contributed by atoms with van der Waals surface area (Å²) < 4.78 is 17.1. The Kier molecular flexibility index (Phi) is 5.46. The molecule has 0 aromatic heterocycles. The van der Waals surface area contributed by atoms with Crippen molar-refractivity contribution in [1.82, 2.24) is 0 Å². The molecule has 2 rings (SSSR count). The molecular formula is C15H28O3Si. The second-order valence-electron chi connectivity index (χ2n) is 6.08. The van der Waals surface area contributed by atoms with Crippen molar-refractivity contribution in [1.29, 1.82) is 0 Å². The van der Waals surface area contributed by atoms with E-state index < -0.39 is 0 Å². The first kappa shape index (κ1) is 15.5. The van der Waals surface area contributed by atoms with Gasteiger partial charge in [0.25, 0.3) is 0 Å². The lowest BCUT2D eigenvalue weighted by Gasteiger charge is -2.28. The average Bonchev–Trinajstić information content (AvgIpc) is 3.06. The summed E-state index contributed by atoms with van der Waals surface area (Å²) in [5.41, 5.74) is 0.248. The lowest BCUT2D eigenvalue weighted by Crippen LogP contribution is -2.29. The highest BCUT2D eigenvalue weighted by atomic mass is 28.2. The summed E-state index contributed by atoms with van der Waals surface area (Å²) in [6.07, 6.45) is 4.38. The fourth-order valence-corrected chi connectivity index (χ4v) is 4.57. The van der Waals surface area contributed by atoms with Gasteiger partial charge in [0.1, 0.15) is 15.4 Å². The molecule has 0 spiro atoms. The molecule has 19 heavy (non-hydrogen) atoms. The molecule has 1 aliphatic carbocycles. The van der Waals surface area contributed by atoms with E-state index in [0.717, 1.165) is 34.6 Å². The van der Waals surface area contributed by atoms with Crippen LogP contribution in [0.25, 0.3) is 0 Å². The first-order chi connectivity index (χ1) is 9.09. The summed E-state index contributed by atoms with van der Waals surface area (Å²) in [6, 6.07) is 1.22. The third kappa shape index (κ3) is 4.03. The molecule has 0 aromatic carbocycles. The van der Waals surface area contributed by atoms with Crippen LogP contribution < -0.4 is 0 Å². The summed E-state index contributed by atoms with van der Waals surface area (Å²) >= 11 is 0. The van der Waals surface area contributed by atoms with Gasteiger partial charge in [-0.15, -0.1) is 0 Å². The smallest absolute Gasteiger partial charge is 0.137 e. The lowest BCUT2D eigenvalue weighted by atomic mass is 9.77. The Labute approximate surface area is 120 Å². The molecule has 1 saturated carbocycles. The minimum absolute atomic E-state index is 0.0171. The third-order valence-corrected chi connectivity index (χ3v) is 6.16. The van der Waals surface area contributed by atoms with Crippen LogP contribution in [-0.2, 0) is 14.2 Å². The Morgan fingerprint density at radius 1 is 1.32 bits per heavy atom. The Balaban J connectivity index is 1.70. The van der Waals surface area contributed by atoms with Crippen molar-refractivity contribution >= 4 is 9.52 Å². The monoisotopic (exact) mass is 284 g/mol. The van der Waals surface area contributed by atoms with Crippen molar-refractivity contribution in [2.45, 2.75) is 70.6 Å². The van der Waals surface area contributed by atoms with E-state index in [4.69, 9.17) is 14.2 Å². The molecule has 110 valence electrons. The zero-order valence-electron chi connectivity index (χ0n) is 12.8. The Bertz CT molecular complexity index is 281. The molecule has 0 aromatic rings. The van der Waals surface area contributed by atoms with Crippen LogP contribution in [0.15, 0.2) is 0 Å². The van der Waals surface area contributed by atoms with Gasteiger partial charge in [-0.05, 0) is 51.9 Å². The molecule has 1 saturated heterocycles. The van der Waals surface area contributed by atoms with E-state index in [1.165, 1.54) is 25.3 Å². The van der Waals surface area contributed by atoms with E-state index in [2.05, 4.69) is 13.8 Å². The second kappa shape index (κ2) is 6.70. The predicted molar refractivity (Wildman–Crippen MR) is 77.4 cm³/mol. The number of ether oxygens (including phenoxy) is 3. The van der Waals surface area contributed by atoms with E-state index in [1.54, 1.807) is 0 Å². The molecule has 0 amide bonds. The number of epoxide rings is 1. The Hall–Kier alpha value is 0.0969. The van der Waals surface area contributed by atoms with Crippen LogP contribution in [0.3, 0.4) is 0 Å². The molecule has 1 aliphatic heterocycles. The van der Waals surface area contributed by atoms with Gasteiger partial charge in [0.15, 0.2) is 0 Å². The number of hydrogen-bond acceptors (Lipinski definition) is 3. The molecule has 2 fully saturated rings. The zero-order valence-corrected chi connectivity index (χ0v) is 13.8. The normalized spacial score (nSPS) is 35.2. The molecule has 0 N–H and O–H groups in total. The first-order valence-corrected chi connectivity index (χ1v) is 9.02. The van der Waals surface area contributed by atoms with Gasteiger partial charge in [0.05, 0.1) is 11.7 Å². The molecule has 0 bridgehead atoms. The molecule has 4 atom stereocenters. The lowest BCUT2D eigenvalue weighted by molar-refractivity contribution is -0.0830. The third-order valence-electron chi connectivity index (χ3n) is 4.61. The van der Waals surface area contributed by atoms with Crippen LogP contribution in [0.4, 0.5) is 0 Å². The number of fused-ring (bicyclic) bond motifs is 1. The van der Waals surface area contributed by atoms with Crippen LogP contribution in [0.5, 0.6) is 0 Å². The van der Waals surface area contributed by atoms with Gasteiger partial charge in [-0.1, -0.05) is 13.0 Å². The zero-order chi connectivity index (χ0) is 13.9. The van der Waals surface area contributed by atoms with Crippen LogP contribution >= 0.6 is 0 Å². The van der Waals surface area contributed by atoms with Crippen molar-refractivity contribution in [2.24, 2.45) is 11.8 Å². The molecular weight excluding hydrogens is 256 g/mol. The maximum atomic E-state index is 5.80. The summed E-state index contributed by atoms with van der Waals surface area (Å²) in [7, 11) is 0.754. The topological polar surface area (TPSA) is 31.0 Å². The summed E-state index contributed by atoms with van der Waals surface area (Å²) in [5, 5.41) is 0. The largest absolute Gasteiger partial charge is 0.366 e. The fraction of sp³-hybridized carbons (Fsp3) is 1.00. The minimum Gasteiger partial charge on any atom is -0.366 e. The van der Waals surface area contributed by atoms with E-state index in [1.807, 2.05) is 13.8 Å². The summed E-state index contributed by atoms with van der Waals surface area (Å²) in [5.74, 6) is 1.61. The fourth-order valence-electron chi connectivity index (χ4n) is 3.11. The van der Waals surface area contributed by atoms with E-state index in [9.17, 15) is 0 Å². The maximum Gasteiger partial charge on any atom is 0.137 e. The summed E-state index contributed by atoms with van der Waals surface area (Å²) in [4.78, 5) is 0. The Morgan fingerprint density at radius 2 is 2.00 bits per heavy atom. The highest BCUT2D eigenvalue weighted by Crippen LogP contribution is 2.51. The molecule has 4 heteroatoms. The highest BCUT2D eigenvalue weighted by Gasteiger charge is 2.55. The number of hydrogen-bond donors (Lipinski definition) is 0. The van der Waals surface area contributed by atoms with Crippen molar-refractivity contribution < 1.29 is 14.2 Å². The molecule has 2 radical (unpaired) electrons. The van der Waals surface area contributed by atoms with Gasteiger partial charge in [0, 0.05) is 13.2 Å². The van der Waals surface area contributed by atoms with Crippen molar-refractivity contribution in [2.75, 3.05) is 13.2 Å². The molecule has 1 heterocycles. The van der Waals surface area contributed by atoms with Gasteiger partial charge < -0.3 is 14.2 Å². The minimum atomic E-state index is 0.0171. The van der Waals surface area contributed by atoms with Crippen molar-refractivity contribution in [3.8, 4) is 0 Å². The predicted octanol–water partition coefficient (Wildman–Crippen LogP) is 3.06. The number of rotatable bonds is 8. The van der Waals surface area contributed by atoms with Gasteiger partial charge in [0.2, 0.25) is 0 Å². The van der Waals surface area contributed by atoms with E-state index >= 15 is 0 Å². The van der Waals surface area contributed by atoms with Gasteiger partial charge >= 0.3 is 0 Å². The van der Waals surface area contributed by atoms with Gasteiger partial charge in [-0.3, -0.25) is 0 Å². The van der Waals surface area contributed by atoms with Crippen LogP contribution in [-0.4, -0.2) is 40.4 Å². The van der Waals surface area contributed by atoms with E-state index in [0.29, 0.717) is 6.10 Å². The van der Waals surface area contributed by atoms with Crippen LogP contribution in [0.2, 0.25) is 6.04 Å². The van der Waals surface area contributed by atoms with Gasteiger partial charge in [-0.2, -0.15) is 0 Å². The van der Waals surface area contributed by atoms with Crippen molar-refractivity contribution in [3.63, 3.8) is 0 Å². The molecule has 2 aliphatic rings. The highest BCUT2D eigenvalue weighted by molar-refractivity contribution is 6.36. The summed E-state index contributed by atoms with van der Waals surface area (Å²) in [6.45, 7) is 10.2. The quantitative estimate of drug-likeness (QED) is 0.390. The Morgan fingerprint density at radius 3 is 2.58 bits per heavy atom. The van der Waals surface area contributed by atoms with Crippen LogP contribution in [0, 0.1) is 11.8 Å². The van der Waals surface area contributed by atoms with Crippen LogP contribution in [0.1, 0.15) is 47.0 Å². The SMILES string of the molecule is CCOC(OCC)[Si]CC(C)C1CCC2(C)OC2C1.